The Balaban J connectivity index is 2.02. The Morgan fingerprint density at radius 3 is 2.50 bits per heavy atom. The first-order valence-electron chi connectivity index (χ1n) is 7.51. The van der Waals surface area contributed by atoms with Crippen LogP contribution in [-0.2, 0) is 4.79 Å². The summed E-state index contributed by atoms with van der Waals surface area (Å²) in [4.78, 5) is 23.1. The fraction of sp³-hybridized carbons (Fsp3) is 0. The molecule has 0 heterocycles. The lowest BCUT2D eigenvalue weighted by molar-refractivity contribution is -0.124. The lowest BCUT2D eigenvalue weighted by Crippen LogP contribution is -2.29. The Bertz CT molecular complexity index is 852. The molecule has 9 heteroatoms. The smallest absolute Gasteiger partial charge is 0.423 e. The van der Waals surface area contributed by atoms with Crippen molar-refractivity contribution in [2.45, 2.75) is 0 Å². The highest BCUT2D eigenvalue weighted by Crippen LogP contribution is 2.07. The van der Waals surface area contributed by atoms with Crippen molar-refractivity contribution in [1.29, 1.82) is 0 Å². The molecule has 0 aliphatic carbocycles. The van der Waals surface area contributed by atoms with Gasteiger partial charge in [0.2, 0.25) is 0 Å². The zero-order valence-corrected chi connectivity index (χ0v) is 13.5. The van der Waals surface area contributed by atoms with Gasteiger partial charge in [0.15, 0.2) is 0 Å². The van der Waals surface area contributed by atoms with Crippen LogP contribution in [0, 0.1) is 0 Å². The minimum atomic E-state index is -1.58. The number of carbonyl (C=O) groups is 2. The van der Waals surface area contributed by atoms with Crippen LogP contribution in [-0.4, -0.2) is 40.4 Å². The van der Waals surface area contributed by atoms with Crippen LogP contribution >= 0.6 is 0 Å². The van der Waals surface area contributed by atoms with Gasteiger partial charge in [-0.05, 0) is 34.8 Å². The highest BCUT2D eigenvalue weighted by molar-refractivity contribution is 6.58. The van der Waals surface area contributed by atoms with E-state index in [2.05, 4.69) is 10.5 Å². The van der Waals surface area contributed by atoms with Gasteiger partial charge in [-0.15, -0.1) is 0 Å². The van der Waals surface area contributed by atoms with Gasteiger partial charge < -0.3 is 10.0 Å². The van der Waals surface area contributed by atoms with Crippen LogP contribution in [0.5, 0.6) is 0 Å². The van der Waals surface area contributed by atoms with E-state index in [1.54, 1.807) is 42.5 Å². The third-order valence-electron chi connectivity index (χ3n) is 3.27. The summed E-state index contributed by atoms with van der Waals surface area (Å²) in [6.45, 7) is 0. The molecular weight excluding hydrogens is 337 g/mol. The van der Waals surface area contributed by atoms with E-state index in [0.29, 0.717) is 22.2 Å². The van der Waals surface area contributed by atoms with E-state index < -0.39 is 18.9 Å². The zero-order chi connectivity index (χ0) is 18.9. The summed E-state index contributed by atoms with van der Waals surface area (Å²) in [7, 11) is -1.58. The Hall–Kier alpha value is -3.27. The molecule has 26 heavy (non-hydrogen) atoms. The molecule has 0 saturated carbocycles. The molecule has 2 aromatic carbocycles. The van der Waals surface area contributed by atoms with Gasteiger partial charge >= 0.3 is 7.12 Å². The first kappa shape index (κ1) is 19.1. The van der Waals surface area contributed by atoms with Gasteiger partial charge in [-0.3, -0.25) is 14.8 Å². The number of hydroxylamine groups is 1. The highest BCUT2D eigenvalue weighted by Gasteiger charge is 2.10. The summed E-state index contributed by atoms with van der Waals surface area (Å²) in [6.07, 6.45) is 3.94. The molecule has 0 saturated heterocycles. The maximum absolute atomic E-state index is 12.1. The Morgan fingerprint density at radius 2 is 1.77 bits per heavy atom. The van der Waals surface area contributed by atoms with E-state index in [-0.39, 0.29) is 0 Å². The predicted molar refractivity (Wildman–Crippen MR) is 96.7 cm³/mol. The molecule has 2 amide bonds. The van der Waals surface area contributed by atoms with Gasteiger partial charge in [-0.2, -0.15) is 5.10 Å². The van der Waals surface area contributed by atoms with Crippen molar-refractivity contribution in [3.05, 3.63) is 71.3 Å². The van der Waals surface area contributed by atoms with Crippen molar-refractivity contribution < 1.29 is 24.8 Å². The fourth-order valence-electron chi connectivity index (χ4n) is 2.02. The average molecular weight is 353 g/mol. The van der Waals surface area contributed by atoms with Crippen molar-refractivity contribution in [1.82, 2.24) is 10.9 Å². The summed E-state index contributed by atoms with van der Waals surface area (Å²) in [6, 6.07) is 12.9. The maximum Gasteiger partial charge on any atom is 0.488 e. The van der Waals surface area contributed by atoms with E-state index in [0.717, 1.165) is 6.08 Å². The first-order chi connectivity index (χ1) is 12.5. The third-order valence-corrected chi connectivity index (χ3v) is 3.27. The SMILES string of the molecule is O=C(C=Cc1cccc(C(=O)NN=Cc2cccc(B(O)O)c2)c1)NO. The zero-order valence-electron chi connectivity index (χ0n) is 13.5. The molecular formula is C17H16BN3O5. The van der Waals surface area contributed by atoms with Crippen LogP contribution in [0.4, 0.5) is 0 Å². The van der Waals surface area contributed by atoms with Crippen molar-refractivity contribution in [2.75, 3.05) is 0 Å². The molecule has 5 N–H and O–H groups in total. The summed E-state index contributed by atoms with van der Waals surface area (Å²) < 4.78 is 0. The van der Waals surface area contributed by atoms with Crippen LogP contribution in [0.15, 0.2) is 59.7 Å². The molecule has 0 spiro atoms. The minimum absolute atomic E-state index is 0.312. The van der Waals surface area contributed by atoms with Gasteiger partial charge in [0, 0.05) is 11.6 Å². The van der Waals surface area contributed by atoms with Crippen molar-refractivity contribution in [2.24, 2.45) is 5.10 Å². The molecule has 0 aromatic heterocycles. The summed E-state index contributed by atoms with van der Waals surface area (Å²) in [5.74, 6) is -1.14. The minimum Gasteiger partial charge on any atom is -0.423 e. The topological polar surface area (TPSA) is 131 Å². The lowest BCUT2D eigenvalue weighted by Gasteiger charge is -2.02. The summed E-state index contributed by atoms with van der Waals surface area (Å²) in [5.41, 5.74) is 5.65. The molecule has 2 rings (SSSR count). The summed E-state index contributed by atoms with van der Waals surface area (Å²) >= 11 is 0. The number of hydrogen-bond acceptors (Lipinski definition) is 6. The van der Waals surface area contributed by atoms with Crippen molar-refractivity contribution in [3.63, 3.8) is 0 Å². The molecule has 8 nitrogen and oxygen atoms in total. The van der Waals surface area contributed by atoms with Crippen LogP contribution < -0.4 is 16.4 Å². The van der Waals surface area contributed by atoms with Gasteiger partial charge in [-0.1, -0.05) is 36.4 Å². The maximum atomic E-state index is 12.1. The number of nitrogens with zero attached hydrogens (tertiary/aromatic N) is 1. The molecule has 0 atom stereocenters. The van der Waals surface area contributed by atoms with Gasteiger partial charge in [0.05, 0.1) is 6.21 Å². The molecule has 0 unspecified atom stereocenters. The molecule has 0 fully saturated rings. The quantitative estimate of drug-likeness (QED) is 0.159. The second kappa shape index (κ2) is 9.28. The fourth-order valence-corrected chi connectivity index (χ4v) is 2.02. The second-order valence-electron chi connectivity index (χ2n) is 5.18. The average Bonchev–Trinajstić information content (AvgIpc) is 2.66. The van der Waals surface area contributed by atoms with Gasteiger partial charge in [0.1, 0.15) is 0 Å². The number of amides is 2. The highest BCUT2D eigenvalue weighted by atomic mass is 16.5. The Labute approximate surface area is 149 Å². The molecule has 0 aliphatic rings. The normalized spacial score (nSPS) is 10.9. The van der Waals surface area contributed by atoms with Crippen molar-refractivity contribution in [3.8, 4) is 0 Å². The van der Waals surface area contributed by atoms with Gasteiger partial charge in [-0.25, -0.2) is 10.9 Å². The van der Waals surface area contributed by atoms with E-state index in [9.17, 15) is 9.59 Å². The molecule has 0 aliphatic heterocycles. The van der Waals surface area contributed by atoms with E-state index in [1.165, 1.54) is 23.8 Å². The van der Waals surface area contributed by atoms with Crippen LogP contribution in [0.1, 0.15) is 21.5 Å². The number of carbonyl (C=O) groups excluding carboxylic acids is 2. The lowest BCUT2D eigenvalue weighted by atomic mass is 9.80. The van der Waals surface area contributed by atoms with Crippen LogP contribution in [0.2, 0.25) is 0 Å². The Kier molecular flexibility index (Phi) is 6.80. The molecule has 132 valence electrons. The predicted octanol–water partition coefficient (Wildman–Crippen LogP) is -0.351. The Morgan fingerprint density at radius 1 is 1.04 bits per heavy atom. The van der Waals surface area contributed by atoms with Crippen molar-refractivity contribution >= 4 is 36.7 Å². The first-order valence-corrected chi connectivity index (χ1v) is 7.51. The third kappa shape index (κ3) is 5.67. The number of nitrogens with one attached hydrogen (secondary N) is 2. The standard InChI is InChI=1S/C17H16BN3O5/c22-16(21-26)8-7-12-3-1-5-14(9-12)17(23)20-19-11-13-4-2-6-15(10-13)18(24)25/h1-11,24-26H,(H,20,23)(H,21,22). The van der Waals surface area contributed by atoms with E-state index >= 15 is 0 Å². The van der Waals surface area contributed by atoms with E-state index in [1.807, 2.05) is 0 Å². The van der Waals surface area contributed by atoms with Crippen LogP contribution in [0.3, 0.4) is 0 Å². The van der Waals surface area contributed by atoms with E-state index in [4.69, 9.17) is 15.3 Å². The largest absolute Gasteiger partial charge is 0.488 e. The number of benzene rings is 2. The van der Waals surface area contributed by atoms with Gasteiger partial charge in [0.25, 0.3) is 11.8 Å². The summed E-state index contributed by atoms with van der Waals surface area (Å²) in [5, 5.41) is 30.5. The molecule has 2 aromatic rings. The number of hydrogen-bond donors (Lipinski definition) is 5. The molecule has 0 radical (unpaired) electrons. The number of rotatable bonds is 6. The second-order valence-corrected chi connectivity index (χ2v) is 5.18. The van der Waals surface area contributed by atoms with Crippen LogP contribution in [0.25, 0.3) is 6.08 Å². The number of hydrazone groups is 1. The molecule has 0 bridgehead atoms. The monoisotopic (exact) mass is 353 g/mol.